The van der Waals surface area contributed by atoms with Gasteiger partial charge < -0.3 is 5.73 Å². The van der Waals surface area contributed by atoms with Crippen molar-refractivity contribution in [3.05, 3.63) is 44.1 Å². The second-order valence-corrected chi connectivity index (χ2v) is 9.10. The molecule has 1 aromatic carbocycles. The molecule has 1 aromatic heterocycles. The van der Waals surface area contributed by atoms with Gasteiger partial charge in [0.25, 0.3) is 0 Å². The highest BCUT2D eigenvalue weighted by Gasteiger charge is 2.18. The Hall–Kier alpha value is -0.890. The topological polar surface area (TPSA) is 72.2 Å². The quantitative estimate of drug-likeness (QED) is 0.772. The Morgan fingerprint density at radius 2 is 2.00 bits per heavy atom. The normalized spacial score (nSPS) is 11.8. The molecule has 114 valence electrons. The molecule has 3 N–H and O–H groups in total. The van der Waals surface area contributed by atoms with Gasteiger partial charge in [0.15, 0.2) is 0 Å². The molecule has 0 spiro atoms. The van der Waals surface area contributed by atoms with Crippen molar-refractivity contribution in [2.45, 2.75) is 25.2 Å². The van der Waals surface area contributed by atoms with Crippen LogP contribution >= 0.6 is 27.3 Å². The first-order valence-electron chi connectivity index (χ1n) is 6.40. The molecule has 0 aliphatic carbocycles. The number of hydrogen-bond donors (Lipinski definition) is 2. The van der Waals surface area contributed by atoms with Crippen LogP contribution in [0.2, 0.25) is 0 Å². The van der Waals surface area contributed by atoms with Gasteiger partial charge in [0.2, 0.25) is 10.0 Å². The van der Waals surface area contributed by atoms with E-state index in [9.17, 15) is 8.42 Å². The monoisotopic (exact) mass is 388 g/mol. The second-order valence-electron chi connectivity index (χ2n) is 4.81. The second kappa shape index (κ2) is 6.48. The molecule has 1 heterocycles. The zero-order chi connectivity index (χ0) is 15.6. The molecule has 0 saturated heterocycles. The van der Waals surface area contributed by atoms with E-state index < -0.39 is 10.0 Å². The Bertz CT molecular complexity index is 754. The van der Waals surface area contributed by atoms with Gasteiger partial charge >= 0.3 is 0 Å². The first-order valence-corrected chi connectivity index (χ1v) is 9.49. The molecule has 0 aliphatic rings. The minimum absolute atomic E-state index is 0.257. The maximum Gasteiger partial charge on any atom is 0.240 e. The Morgan fingerprint density at radius 1 is 1.29 bits per heavy atom. The number of thiophene rings is 1. The number of halogens is 1. The van der Waals surface area contributed by atoms with E-state index in [1.807, 2.05) is 19.1 Å². The largest absolute Gasteiger partial charge is 0.399 e. The summed E-state index contributed by atoms with van der Waals surface area (Å²) in [5.41, 5.74) is 7.82. The molecule has 0 bridgehead atoms. The molecule has 0 fully saturated rings. The maximum atomic E-state index is 12.4. The molecule has 0 radical (unpaired) electrons. The summed E-state index contributed by atoms with van der Waals surface area (Å²) in [5, 5.41) is 0. The summed E-state index contributed by atoms with van der Waals surface area (Å²) in [7, 11) is -3.54. The van der Waals surface area contributed by atoms with Gasteiger partial charge in [-0.05, 0) is 71.6 Å². The molecule has 0 aliphatic heterocycles. The van der Waals surface area contributed by atoms with E-state index in [0.717, 1.165) is 19.8 Å². The average Bonchev–Trinajstić information content (AvgIpc) is 2.79. The van der Waals surface area contributed by atoms with Crippen molar-refractivity contribution in [2.24, 2.45) is 0 Å². The summed E-state index contributed by atoms with van der Waals surface area (Å²) in [6.07, 6.45) is 0.663. The lowest BCUT2D eigenvalue weighted by molar-refractivity contribution is 0.581. The Balaban J connectivity index is 2.12. The number of aryl methyl sites for hydroxylation is 1. The first-order chi connectivity index (χ1) is 9.79. The fraction of sp³-hybridized carbons (Fsp3) is 0.286. The summed E-state index contributed by atoms with van der Waals surface area (Å²) in [5.74, 6) is 0. The van der Waals surface area contributed by atoms with Gasteiger partial charge in [-0.1, -0.05) is 0 Å². The van der Waals surface area contributed by atoms with Gasteiger partial charge in [-0.15, -0.1) is 11.3 Å². The molecule has 4 nitrogen and oxygen atoms in total. The number of sulfonamides is 1. The highest BCUT2D eigenvalue weighted by molar-refractivity contribution is 9.11. The van der Waals surface area contributed by atoms with Crippen LogP contribution in [0.3, 0.4) is 0 Å². The molecule has 0 amide bonds. The standard InChI is InChI=1S/C14H17BrN2O2S2/c1-9-7-11(16)8-13(10(9)2)21(18,19)17-6-5-12-3-4-14(15)20-12/h3-4,7-8,17H,5-6,16H2,1-2H3. The summed E-state index contributed by atoms with van der Waals surface area (Å²) in [6.45, 7) is 4.01. The van der Waals surface area contributed by atoms with Gasteiger partial charge in [0.05, 0.1) is 8.68 Å². The van der Waals surface area contributed by atoms with Crippen molar-refractivity contribution in [1.82, 2.24) is 4.72 Å². The minimum Gasteiger partial charge on any atom is -0.399 e. The number of rotatable bonds is 5. The van der Waals surface area contributed by atoms with E-state index in [1.165, 1.54) is 6.07 Å². The van der Waals surface area contributed by atoms with Crippen LogP contribution in [0, 0.1) is 13.8 Å². The van der Waals surface area contributed by atoms with Crippen molar-refractivity contribution < 1.29 is 8.42 Å². The fourth-order valence-electron chi connectivity index (χ4n) is 2.01. The van der Waals surface area contributed by atoms with E-state index in [1.54, 1.807) is 24.3 Å². The summed E-state index contributed by atoms with van der Waals surface area (Å²) in [6, 6.07) is 7.22. The zero-order valence-electron chi connectivity index (χ0n) is 11.8. The maximum absolute atomic E-state index is 12.4. The molecule has 7 heteroatoms. The van der Waals surface area contributed by atoms with E-state index in [-0.39, 0.29) is 4.90 Å². The van der Waals surface area contributed by atoms with Crippen LogP contribution < -0.4 is 10.5 Å². The Kier molecular flexibility index (Phi) is 5.08. The highest BCUT2D eigenvalue weighted by atomic mass is 79.9. The first kappa shape index (κ1) is 16.5. The van der Waals surface area contributed by atoms with Crippen molar-refractivity contribution >= 4 is 43.0 Å². The lowest BCUT2D eigenvalue weighted by Crippen LogP contribution is -2.26. The van der Waals surface area contributed by atoms with E-state index in [2.05, 4.69) is 20.7 Å². The Morgan fingerprint density at radius 3 is 2.62 bits per heavy atom. The molecular formula is C14H17BrN2O2S2. The molecule has 2 rings (SSSR count). The molecule has 0 unspecified atom stereocenters. The van der Waals surface area contributed by atoms with Crippen LogP contribution in [0.5, 0.6) is 0 Å². The van der Waals surface area contributed by atoms with E-state index >= 15 is 0 Å². The third-order valence-corrected chi connectivity index (χ3v) is 6.49. The van der Waals surface area contributed by atoms with Gasteiger partial charge in [-0.3, -0.25) is 0 Å². The highest BCUT2D eigenvalue weighted by Crippen LogP contribution is 2.23. The van der Waals surface area contributed by atoms with Crippen molar-refractivity contribution in [3.8, 4) is 0 Å². The van der Waals surface area contributed by atoms with Crippen LogP contribution in [-0.2, 0) is 16.4 Å². The van der Waals surface area contributed by atoms with Crippen LogP contribution in [0.4, 0.5) is 5.69 Å². The summed E-state index contributed by atoms with van der Waals surface area (Å²) >= 11 is 5.00. The number of nitrogens with one attached hydrogen (secondary N) is 1. The van der Waals surface area contributed by atoms with Crippen molar-refractivity contribution in [1.29, 1.82) is 0 Å². The predicted octanol–water partition coefficient (Wildman–Crippen LogP) is 3.23. The number of nitrogen functional groups attached to an aromatic ring is 1. The van der Waals surface area contributed by atoms with Gasteiger partial charge in [0.1, 0.15) is 0 Å². The molecule has 0 atom stereocenters. The average molecular weight is 389 g/mol. The van der Waals surface area contributed by atoms with Gasteiger partial charge in [0, 0.05) is 17.1 Å². The van der Waals surface area contributed by atoms with Crippen LogP contribution in [0.15, 0.2) is 32.9 Å². The molecular weight excluding hydrogens is 372 g/mol. The zero-order valence-corrected chi connectivity index (χ0v) is 15.0. The predicted molar refractivity (Wildman–Crippen MR) is 91.2 cm³/mol. The van der Waals surface area contributed by atoms with Crippen molar-refractivity contribution in [2.75, 3.05) is 12.3 Å². The Labute approximate surface area is 137 Å². The third kappa shape index (κ3) is 4.06. The third-order valence-electron chi connectivity index (χ3n) is 3.22. The number of benzene rings is 1. The van der Waals surface area contributed by atoms with Crippen LogP contribution in [0.25, 0.3) is 0 Å². The number of hydrogen-bond acceptors (Lipinski definition) is 4. The summed E-state index contributed by atoms with van der Waals surface area (Å²) < 4.78 is 28.4. The van der Waals surface area contributed by atoms with Crippen LogP contribution in [-0.4, -0.2) is 15.0 Å². The lowest BCUT2D eigenvalue weighted by Gasteiger charge is -2.12. The van der Waals surface area contributed by atoms with Gasteiger partial charge in [-0.2, -0.15) is 0 Å². The lowest BCUT2D eigenvalue weighted by atomic mass is 10.1. The minimum atomic E-state index is -3.54. The molecule has 21 heavy (non-hydrogen) atoms. The number of nitrogens with two attached hydrogens (primary N) is 1. The van der Waals surface area contributed by atoms with Crippen LogP contribution in [0.1, 0.15) is 16.0 Å². The van der Waals surface area contributed by atoms with Crippen molar-refractivity contribution in [3.63, 3.8) is 0 Å². The molecule has 2 aromatic rings. The molecule has 0 saturated carbocycles. The SMILES string of the molecule is Cc1cc(N)cc(S(=O)(=O)NCCc2ccc(Br)s2)c1C. The number of anilines is 1. The van der Waals surface area contributed by atoms with E-state index in [4.69, 9.17) is 5.73 Å². The smallest absolute Gasteiger partial charge is 0.240 e. The summed E-state index contributed by atoms with van der Waals surface area (Å²) in [4.78, 5) is 1.39. The van der Waals surface area contributed by atoms with Gasteiger partial charge in [-0.25, -0.2) is 13.1 Å². The fourth-order valence-corrected chi connectivity index (χ4v) is 4.87. The van der Waals surface area contributed by atoms with E-state index in [0.29, 0.717) is 18.7 Å².